The molecule has 7 unspecified atom stereocenters. The molecule has 10 heteroatoms. The molecule has 2 amide bonds. The second-order valence-corrected chi connectivity index (χ2v) is 22.0. The van der Waals surface area contributed by atoms with Crippen LogP contribution < -0.4 is 10.6 Å². The van der Waals surface area contributed by atoms with Crippen molar-refractivity contribution >= 4 is 23.8 Å². The zero-order valence-corrected chi connectivity index (χ0v) is 41.4. The van der Waals surface area contributed by atoms with E-state index in [9.17, 15) is 19.2 Å². The number of rotatable bonds is 20. The van der Waals surface area contributed by atoms with E-state index < -0.39 is 29.9 Å². The third-order valence-electron chi connectivity index (χ3n) is 17.4. The summed E-state index contributed by atoms with van der Waals surface area (Å²) in [6.45, 7) is 9.51. The van der Waals surface area contributed by atoms with Gasteiger partial charge >= 0.3 is 11.9 Å². The van der Waals surface area contributed by atoms with E-state index in [1.54, 1.807) is 0 Å². The van der Waals surface area contributed by atoms with Crippen molar-refractivity contribution in [3.8, 4) is 0 Å². The molecular weight excluding hydrogens is 829 g/mol. The Bertz CT molecular complexity index is 1470. The summed E-state index contributed by atoms with van der Waals surface area (Å²) in [5.74, 6) is 1.51. The third kappa shape index (κ3) is 17.1. The summed E-state index contributed by atoms with van der Waals surface area (Å²) >= 11 is 0. The molecule has 66 heavy (non-hydrogen) atoms. The van der Waals surface area contributed by atoms with Crippen LogP contribution in [0, 0.1) is 47.3 Å². The molecule has 0 radical (unpaired) electrons. The van der Waals surface area contributed by atoms with Crippen molar-refractivity contribution in [2.24, 2.45) is 47.3 Å². The highest BCUT2D eigenvalue weighted by Crippen LogP contribution is 2.41. The quantitative estimate of drug-likeness (QED) is 0.0912. The van der Waals surface area contributed by atoms with E-state index in [2.05, 4.69) is 23.8 Å². The van der Waals surface area contributed by atoms with Gasteiger partial charge in [0.1, 0.15) is 12.7 Å². The molecule has 0 aliphatic heterocycles. The number of amides is 2. The average Bonchev–Trinajstić information content (AvgIpc) is 3.30. The highest BCUT2D eigenvalue weighted by atomic mass is 16.5. The first kappa shape index (κ1) is 52.6. The minimum Gasteiger partial charge on any atom is -0.462 e. The molecule has 0 bridgehead atoms. The van der Waals surface area contributed by atoms with Crippen LogP contribution in [0.3, 0.4) is 0 Å². The summed E-state index contributed by atoms with van der Waals surface area (Å²) in [6, 6.07) is 0.222. The molecule has 374 valence electrons. The molecule has 2 N–H and O–H groups in total. The van der Waals surface area contributed by atoms with Gasteiger partial charge in [-0.1, -0.05) is 129 Å². The molecule has 6 aliphatic carbocycles. The van der Waals surface area contributed by atoms with Gasteiger partial charge in [0.05, 0.1) is 37.3 Å². The van der Waals surface area contributed by atoms with Crippen molar-refractivity contribution in [2.45, 2.75) is 236 Å². The van der Waals surface area contributed by atoms with Crippen LogP contribution in [0.25, 0.3) is 0 Å². The summed E-state index contributed by atoms with van der Waals surface area (Å²) in [7, 11) is 0. The second-order valence-electron chi connectivity index (χ2n) is 22.0. The fourth-order valence-electron chi connectivity index (χ4n) is 13.4. The van der Waals surface area contributed by atoms with Crippen molar-refractivity contribution in [1.82, 2.24) is 10.6 Å². The van der Waals surface area contributed by atoms with Gasteiger partial charge < -0.3 is 29.6 Å². The molecule has 0 aromatic carbocycles. The SMILES string of the molecule is C=CC(=O)OCC(COC1CCCCC1C1CCCCCCC1)C(=O)NC1CCC(CC2CCC(NC(=O)C(COC3CCCCC3C3CCCCCCC3)C(C)OC(=O)C=C)CC2)CC1. The number of carbonyl (C=O) groups is 4. The van der Waals surface area contributed by atoms with Crippen LogP contribution in [0.5, 0.6) is 0 Å². The first-order chi connectivity index (χ1) is 32.2. The van der Waals surface area contributed by atoms with Gasteiger partial charge in [-0.25, -0.2) is 9.59 Å². The van der Waals surface area contributed by atoms with Crippen LogP contribution in [0.2, 0.25) is 0 Å². The Kier molecular flexibility index (Phi) is 22.9. The Labute approximate surface area is 400 Å². The minimum atomic E-state index is -0.612. The molecule has 10 nitrogen and oxygen atoms in total. The van der Waals surface area contributed by atoms with Crippen molar-refractivity contribution in [1.29, 1.82) is 0 Å². The Hall–Kier alpha value is -2.72. The van der Waals surface area contributed by atoms with Gasteiger partial charge in [0.25, 0.3) is 0 Å². The van der Waals surface area contributed by atoms with Crippen molar-refractivity contribution < 1.29 is 38.1 Å². The third-order valence-corrected chi connectivity index (χ3v) is 17.4. The van der Waals surface area contributed by atoms with Crippen LogP contribution in [-0.2, 0) is 38.1 Å². The number of hydrogen-bond donors (Lipinski definition) is 2. The smallest absolute Gasteiger partial charge is 0.330 e. The summed E-state index contributed by atoms with van der Waals surface area (Å²) in [5.41, 5.74) is 0. The van der Waals surface area contributed by atoms with E-state index in [0.717, 1.165) is 70.3 Å². The molecule has 6 saturated carbocycles. The Morgan fingerprint density at radius 3 is 1.41 bits per heavy atom. The molecule has 0 aromatic heterocycles. The Balaban J connectivity index is 0.933. The molecule has 0 saturated heterocycles. The van der Waals surface area contributed by atoms with Gasteiger partial charge in [-0.3, -0.25) is 9.59 Å². The van der Waals surface area contributed by atoms with E-state index in [-0.39, 0.29) is 55.9 Å². The van der Waals surface area contributed by atoms with E-state index in [4.69, 9.17) is 18.9 Å². The minimum absolute atomic E-state index is 0.00741. The predicted octanol–water partition coefficient (Wildman–Crippen LogP) is 11.7. The molecule has 6 rings (SSSR count). The average molecular weight is 921 g/mol. The van der Waals surface area contributed by atoms with Gasteiger partial charge in [0, 0.05) is 24.2 Å². The molecule has 0 heterocycles. The van der Waals surface area contributed by atoms with Gasteiger partial charge in [0.2, 0.25) is 11.8 Å². The van der Waals surface area contributed by atoms with Crippen molar-refractivity contribution in [2.75, 3.05) is 19.8 Å². The number of nitrogens with one attached hydrogen (secondary N) is 2. The van der Waals surface area contributed by atoms with Crippen LogP contribution in [0.1, 0.15) is 206 Å². The normalized spacial score (nSPS) is 31.2. The van der Waals surface area contributed by atoms with Gasteiger partial charge in [-0.05, 0) is 126 Å². The summed E-state index contributed by atoms with van der Waals surface area (Å²) < 4.78 is 24.5. The lowest BCUT2D eigenvalue weighted by atomic mass is 9.73. The maximum absolute atomic E-state index is 14.0. The zero-order chi connectivity index (χ0) is 46.5. The monoisotopic (exact) mass is 921 g/mol. The van der Waals surface area contributed by atoms with Gasteiger partial charge in [-0.2, -0.15) is 0 Å². The standard InChI is InChI=1S/C56H92N2O8/c1-4-53(59)65-38-45(37-63-51-26-18-16-24-48(51)43-20-12-8-6-9-13-21-43)55(61)57-46-32-28-41(29-33-46)36-42-30-34-47(35-31-42)58-56(62)50(40(3)66-54(60)5-2)39-64-52-27-19-17-25-49(52)44-22-14-10-7-11-15-23-44/h4-5,40-52H,1-2,6-39H2,3H3,(H,57,61)(H,58,62). The number of hydrogen-bond acceptors (Lipinski definition) is 8. The maximum atomic E-state index is 14.0. The van der Waals surface area contributed by atoms with Crippen molar-refractivity contribution in [3.05, 3.63) is 25.3 Å². The topological polar surface area (TPSA) is 129 Å². The van der Waals surface area contributed by atoms with Crippen LogP contribution >= 0.6 is 0 Å². The fraction of sp³-hybridized carbons (Fsp3) is 0.857. The van der Waals surface area contributed by atoms with E-state index in [1.165, 1.54) is 141 Å². The van der Waals surface area contributed by atoms with Gasteiger partial charge in [-0.15, -0.1) is 0 Å². The van der Waals surface area contributed by atoms with Crippen LogP contribution in [0.15, 0.2) is 25.3 Å². The number of carbonyl (C=O) groups excluding carboxylic acids is 4. The molecular formula is C56H92N2O8. The molecule has 7 atom stereocenters. The summed E-state index contributed by atoms with van der Waals surface area (Å²) in [6.07, 6.45) is 39.3. The van der Waals surface area contributed by atoms with E-state index in [1.807, 2.05) is 6.92 Å². The van der Waals surface area contributed by atoms with Crippen LogP contribution in [-0.4, -0.2) is 74.0 Å². The number of ether oxygens (including phenoxy) is 4. The Morgan fingerprint density at radius 2 is 0.924 bits per heavy atom. The van der Waals surface area contributed by atoms with Gasteiger partial charge in [0.15, 0.2) is 0 Å². The summed E-state index contributed by atoms with van der Waals surface area (Å²) in [5, 5.41) is 6.72. The lowest BCUT2D eigenvalue weighted by molar-refractivity contribution is -0.152. The predicted molar refractivity (Wildman–Crippen MR) is 261 cm³/mol. The number of esters is 2. The Morgan fingerprint density at radius 1 is 0.500 bits per heavy atom. The van der Waals surface area contributed by atoms with E-state index >= 15 is 0 Å². The van der Waals surface area contributed by atoms with Crippen molar-refractivity contribution in [3.63, 3.8) is 0 Å². The first-order valence-electron chi connectivity index (χ1n) is 27.7. The first-order valence-corrected chi connectivity index (χ1v) is 27.7. The highest BCUT2D eigenvalue weighted by Gasteiger charge is 2.38. The van der Waals surface area contributed by atoms with Crippen LogP contribution in [0.4, 0.5) is 0 Å². The lowest BCUT2D eigenvalue weighted by Gasteiger charge is -2.39. The molecule has 0 spiro atoms. The maximum Gasteiger partial charge on any atom is 0.330 e. The molecule has 6 aliphatic rings. The lowest BCUT2D eigenvalue weighted by Crippen LogP contribution is -2.47. The second kappa shape index (κ2) is 28.7. The summed E-state index contributed by atoms with van der Waals surface area (Å²) in [4.78, 5) is 52.2. The molecule has 6 fully saturated rings. The highest BCUT2D eigenvalue weighted by molar-refractivity contribution is 5.83. The zero-order valence-electron chi connectivity index (χ0n) is 41.4. The van der Waals surface area contributed by atoms with E-state index in [0.29, 0.717) is 35.5 Å². The molecule has 0 aromatic rings. The fourth-order valence-corrected chi connectivity index (χ4v) is 13.4. The largest absolute Gasteiger partial charge is 0.462 e.